The van der Waals surface area contributed by atoms with Gasteiger partial charge in [-0.15, -0.1) is 0 Å². The monoisotopic (exact) mass is 460 g/mol. The predicted molar refractivity (Wildman–Crippen MR) is 118 cm³/mol. The van der Waals surface area contributed by atoms with Crippen molar-refractivity contribution in [3.05, 3.63) is 58.1 Å². The number of rotatable bonds is 6. The van der Waals surface area contributed by atoms with E-state index in [-0.39, 0.29) is 22.2 Å². The summed E-state index contributed by atoms with van der Waals surface area (Å²) in [5.74, 6) is -0.443. The van der Waals surface area contributed by atoms with Crippen LogP contribution in [0.3, 0.4) is 0 Å². The summed E-state index contributed by atoms with van der Waals surface area (Å²) in [4.78, 5) is 27.4. The number of amides is 1. The summed E-state index contributed by atoms with van der Waals surface area (Å²) in [6.45, 7) is 0. The quantitative estimate of drug-likeness (QED) is 0.438. The van der Waals surface area contributed by atoms with Gasteiger partial charge in [0.1, 0.15) is 0 Å². The zero-order chi connectivity index (χ0) is 22.2. The Hall–Kier alpha value is -2.89. The third-order valence-corrected chi connectivity index (χ3v) is 8.29. The Kier molecular flexibility index (Phi) is 5.73. The molecule has 0 spiro atoms. The van der Waals surface area contributed by atoms with E-state index in [1.165, 1.54) is 46.8 Å². The molecule has 0 bridgehead atoms. The Balaban J connectivity index is 1.49. The number of non-ortho nitro benzene ring substituents is 1. The Labute approximate surface area is 182 Å². The van der Waals surface area contributed by atoms with Gasteiger partial charge in [-0.25, -0.2) is 13.4 Å². The van der Waals surface area contributed by atoms with E-state index in [1.54, 1.807) is 7.05 Å². The van der Waals surface area contributed by atoms with Crippen LogP contribution in [0.25, 0.3) is 10.2 Å². The SMILES string of the molecule is CN(C1CCCC1)S(=O)(=O)c1ccc(C(=O)Nc2nc3ccc([N+](=O)[O-])cc3s2)cc1. The molecule has 1 aliphatic rings. The van der Waals surface area contributed by atoms with Gasteiger partial charge in [0.2, 0.25) is 10.0 Å². The molecule has 4 rings (SSSR count). The van der Waals surface area contributed by atoms with Gasteiger partial charge >= 0.3 is 0 Å². The summed E-state index contributed by atoms with van der Waals surface area (Å²) in [5.41, 5.74) is 0.781. The first-order chi connectivity index (χ1) is 14.8. The molecule has 1 heterocycles. The molecule has 1 N–H and O–H groups in total. The summed E-state index contributed by atoms with van der Waals surface area (Å²) in [5, 5.41) is 13.9. The average molecular weight is 461 g/mol. The fourth-order valence-corrected chi connectivity index (χ4v) is 5.97. The van der Waals surface area contributed by atoms with Crippen LogP contribution in [0.4, 0.5) is 10.8 Å². The van der Waals surface area contributed by atoms with Gasteiger partial charge < -0.3 is 0 Å². The second kappa shape index (κ2) is 8.33. The Bertz CT molecular complexity index is 1250. The molecule has 0 unspecified atom stereocenters. The van der Waals surface area contributed by atoms with Crippen LogP contribution >= 0.6 is 11.3 Å². The van der Waals surface area contributed by atoms with Crippen molar-refractivity contribution in [2.45, 2.75) is 36.6 Å². The van der Waals surface area contributed by atoms with Crippen molar-refractivity contribution in [2.24, 2.45) is 0 Å². The predicted octanol–water partition coefficient (Wildman–Crippen LogP) is 4.02. The lowest BCUT2D eigenvalue weighted by Crippen LogP contribution is -2.35. The van der Waals surface area contributed by atoms with E-state index in [4.69, 9.17) is 0 Å². The zero-order valence-electron chi connectivity index (χ0n) is 16.6. The first-order valence-electron chi connectivity index (χ1n) is 9.70. The van der Waals surface area contributed by atoms with Crippen LogP contribution in [-0.4, -0.2) is 41.6 Å². The fraction of sp³-hybridized carbons (Fsp3) is 0.300. The lowest BCUT2D eigenvalue weighted by molar-refractivity contribution is -0.384. The number of carbonyl (C=O) groups is 1. The van der Waals surface area contributed by atoms with Crippen molar-refractivity contribution in [3.63, 3.8) is 0 Å². The van der Waals surface area contributed by atoms with Gasteiger partial charge in [0, 0.05) is 30.8 Å². The van der Waals surface area contributed by atoms with Crippen LogP contribution in [0.2, 0.25) is 0 Å². The molecule has 0 saturated heterocycles. The van der Waals surface area contributed by atoms with Crippen LogP contribution in [0, 0.1) is 10.1 Å². The first kappa shape index (κ1) is 21.3. The second-order valence-electron chi connectivity index (χ2n) is 7.37. The molecule has 1 aliphatic carbocycles. The number of nitrogens with one attached hydrogen (secondary N) is 1. The molecule has 0 atom stereocenters. The van der Waals surface area contributed by atoms with E-state index in [0.717, 1.165) is 37.0 Å². The Morgan fingerprint density at radius 1 is 1.19 bits per heavy atom. The van der Waals surface area contributed by atoms with Crippen molar-refractivity contribution in [1.82, 2.24) is 9.29 Å². The highest BCUT2D eigenvalue weighted by atomic mass is 32.2. The summed E-state index contributed by atoms with van der Waals surface area (Å²) < 4.78 is 27.7. The maximum Gasteiger partial charge on any atom is 0.270 e. The normalized spacial score (nSPS) is 14.9. The standard InChI is InChI=1S/C20H20N4O5S2/c1-23(14-4-2-3-5-14)31(28,29)16-9-6-13(7-10-16)19(25)22-20-21-17-11-8-15(24(26)27)12-18(17)30-20/h6-12,14H,2-5H2,1H3,(H,21,22,25). The number of nitrogens with zero attached hydrogens (tertiary/aromatic N) is 3. The van der Waals surface area contributed by atoms with Gasteiger partial charge in [0.05, 0.1) is 20.0 Å². The maximum absolute atomic E-state index is 12.8. The lowest BCUT2D eigenvalue weighted by Gasteiger charge is -2.23. The highest BCUT2D eigenvalue weighted by Gasteiger charge is 2.30. The number of thiazole rings is 1. The molecule has 1 aromatic heterocycles. The van der Waals surface area contributed by atoms with Gasteiger partial charge in [-0.2, -0.15) is 4.31 Å². The molecule has 31 heavy (non-hydrogen) atoms. The lowest BCUT2D eigenvalue weighted by atomic mass is 10.2. The second-order valence-corrected chi connectivity index (χ2v) is 10.4. The number of nitro benzene ring substituents is 1. The number of aromatic nitrogens is 1. The molecule has 0 radical (unpaired) electrons. The smallest absolute Gasteiger partial charge is 0.270 e. The molecule has 1 amide bonds. The van der Waals surface area contributed by atoms with Crippen LogP contribution < -0.4 is 5.32 Å². The molecule has 1 saturated carbocycles. The van der Waals surface area contributed by atoms with E-state index in [9.17, 15) is 23.3 Å². The molecular formula is C20H20N4O5S2. The number of sulfonamides is 1. The molecule has 3 aromatic rings. The van der Waals surface area contributed by atoms with Gasteiger partial charge in [0.25, 0.3) is 11.6 Å². The van der Waals surface area contributed by atoms with Crippen molar-refractivity contribution in [1.29, 1.82) is 0 Å². The first-order valence-corrected chi connectivity index (χ1v) is 12.0. The number of anilines is 1. The van der Waals surface area contributed by atoms with E-state index >= 15 is 0 Å². The number of nitro groups is 1. The zero-order valence-corrected chi connectivity index (χ0v) is 18.3. The molecule has 0 aliphatic heterocycles. The van der Waals surface area contributed by atoms with E-state index in [0.29, 0.717) is 15.3 Å². The van der Waals surface area contributed by atoms with Crippen molar-refractivity contribution in [3.8, 4) is 0 Å². The third kappa shape index (κ3) is 4.29. The van der Waals surface area contributed by atoms with Gasteiger partial charge in [-0.1, -0.05) is 24.2 Å². The van der Waals surface area contributed by atoms with Crippen LogP contribution in [0.15, 0.2) is 47.4 Å². The Morgan fingerprint density at radius 3 is 2.52 bits per heavy atom. The van der Waals surface area contributed by atoms with E-state index < -0.39 is 20.9 Å². The van der Waals surface area contributed by atoms with Crippen LogP contribution in [-0.2, 0) is 10.0 Å². The van der Waals surface area contributed by atoms with E-state index in [1.807, 2.05) is 0 Å². The van der Waals surface area contributed by atoms with Crippen LogP contribution in [0.1, 0.15) is 36.0 Å². The van der Waals surface area contributed by atoms with Gasteiger partial charge in [0.15, 0.2) is 5.13 Å². The van der Waals surface area contributed by atoms with Crippen LogP contribution in [0.5, 0.6) is 0 Å². The van der Waals surface area contributed by atoms with Crippen molar-refractivity contribution >= 4 is 48.3 Å². The van der Waals surface area contributed by atoms with E-state index in [2.05, 4.69) is 10.3 Å². The minimum Gasteiger partial charge on any atom is -0.298 e. The molecule has 1 fully saturated rings. The van der Waals surface area contributed by atoms with Crippen molar-refractivity contribution in [2.75, 3.05) is 12.4 Å². The summed E-state index contributed by atoms with van der Waals surface area (Å²) in [7, 11) is -2.02. The summed E-state index contributed by atoms with van der Waals surface area (Å²) in [6, 6.07) is 10.1. The molecule has 11 heteroatoms. The maximum atomic E-state index is 12.8. The highest BCUT2D eigenvalue weighted by Crippen LogP contribution is 2.30. The number of fused-ring (bicyclic) bond motifs is 1. The third-order valence-electron chi connectivity index (χ3n) is 5.44. The Morgan fingerprint density at radius 2 is 1.87 bits per heavy atom. The molecular weight excluding hydrogens is 440 g/mol. The largest absolute Gasteiger partial charge is 0.298 e. The number of carbonyl (C=O) groups excluding carboxylic acids is 1. The van der Waals surface area contributed by atoms with Gasteiger partial charge in [-0.05, 0) is 43.2 Å². The van der Waals surface area contributed by atoms with Crippen molar-refractivity contribution < 1.29 is 18.1 Å². The minimum atomic E-state index is -3.62. The highest BCUT2D eigenvalue weighted by molar-refractivity contribution is 7.89. The number of benzene rings is 2. The number of hydrogen-bond donors (Lipinski definition) is 1. The molecule has 162 valence electrons. The minimum absolute atomic E-state index is 0.0165. The topological polar surface area (TPSA) is 123 Å². The number of hydrogen-bond acceptors (Lipinski definition) is 7. The summed E-state index contributed by atoms with van der Waals surface area (Å²) >= 11 is 1.13. The fourth-order valence-electron chi connectivity index (χ4n) is 3.66. The summed E-state index contributed by atoms with van der Waals surface area (Å²) in [6.07, 6.45) is 3.79. The molecule has 2 aromatic carbocycles. The van der Waals surface area contributed by atoms with Gasteiger partial charge in [-0.3, -0.25) is 20.2 Å². The molecule has 9 nitrogen and oxygen atoms in total. The average Bonchev–Trinajstić information content (AvgIpc) is 3.42.